The maximum Gasteiger partial charge on any atom is 0.232 e. The largest absolute Gasteiger partial charge is 0.493 e. The van der Waals surface area contributed by atoms with Crippen molar-refractivity contribution in [2.75, 3.05) is 45.4 Å². The van der Waals surface area contributed by atoms with Gasteiger partial charge >= 0.3 is 0 Å². The molecule has 0 saturated carbocycles. The quantitative estimate of drug-likeness (QED) is 0.807. The number of methoxy groups -OCH3 is 1. The predicted octanol–water partition coefficient (Wildman–Crippen LogP) is 3.46. The molecule has 1 unspecified atom stereocenters. The second-order valence-electron chi connectivity index (χ2n) is 6.41. The molecule has 0 fully saturated rings. The number of nitrogens with zero attached hydrogens (tertiary/aromatic N) is 1. The number of benzene rings is 2. The molecule has 6 heteroatoms. The molecule has 5 nitrogen and oxygen atoms in total. The first-order valence-corrected chi connectivity index (χ1v) is 9.55. The smallest absolute Gasteiger partial charge is 0.232 e. The van der Waals surface area contributed by atoms with Gasteiger partial charge in [-0.1, -0.05) is 18.2 Å². The van der Waals surface area contributed by atoms with Crippen LogP contribution in [0.25, 0.3) is 0 Å². The van der Waals surface area contributed by atoms with Crippen molar-refractivity contribution in [3.8, 4) is 11.5 Å². The fourth-order valence-electron chi connectivity index (χ4n) is 2.81. The highest BCUT2D eigenvalue weighted by atomic mass is 32.2. The van der Waals surface area contributed by atoms with Crippen LogP contribution in [0.4, 0.5) is 5.69 Å². The number of likely N-dealkylation sites (N-methyl/N-ethyl adjacent to an activating group) is 1. The number of carbonyl (C=O) groups excluding carboxylic acids is 1. The molecule has 0 saturated heterocycles. The van der Waals surface area contributed by atoms with Gasteiger partial charge in [-0.2, -0.15) is 0 Å². The number of amides is 1. The monoisotopic (exact) mass is 372 g/mol. The Morgan fingerprint density at radius 2 is 2.04 bits per heavy atom. The molecule has 2 aromatic rings. The first-order chi connectivity index (χ1) is 12.6. The summed E-state index contributed by atoms with van der Waals surface area (Å²) in [6, 6.07) is 13.6. The van der Waals surface area contributed by atoms with E-state index < -0.39 is 0 Å². The molecule has 1 N–H and O–H groups in total. The summed E-state index contributed by atoms with van der Waals surface area (Å²) < 4.78 is 11.2. The maximum atomic E-state index is 12.7. The molecule has 0 aliphatic carbocycles. The van der Waals surface area contributed by atoms with Crippen LogP contribution in [0.15, 0.2) is 47.4 Å². The Bertz CT molecular complexity index is 779. The lowest BCUT2D eigenvalue weighted by atomic mass is 10.0. The topological polar surface area (TPSA) is 50.8 Å². The number of carbonyl (C=O) groups is 1. The highest BCUT2D eigenvalue weighted by Gasteiger charge is 2.29. The Morgan fingerprint density at radius 1 is 1.23 bits per heavy atom. The molecule has 1 atom stereocenters. The van der Waals surface area contributed by atoms with Gasteiger partial charge in [-0.3, -0.25) is 4.79 Å². The Hall–Kier alpha value is -2.18. The minimum Gasteiger partial charge on any atom is -0.493 e. The SMILES string of the molecule is COc1ccc(NC(=O)C2CSc3ccccc32)cc1OCCN(C)C. The van der Waals surface area contributed by atoms with Gasteiger partial charge in [-0.15, -0.1) is 11.8 Å². The molecule has 0 radical (unpaired) electrons. The average molecular weight is 372 g/mol. The molecule has 1 heterocycles. The number of ether oxygens (including phenoxy) is 2. The van der Waals surface area contributed by atoms with Gasteiger partial charge < -0.3 is 19.7 Å². The number of hydrogen-bond acceptors (Lipinski definition) is 5. The molecule has 2 aromatic carbocycles. The number of rotatable bonds is 7. The van der Waals surface area contributed by atoms with Crippen molar-refractivity contribution in [1.82, 2.24) is 4.90 Å². The van der Waals surface area contributed by atoms with Gasteiger partial charge in [0, 0.05) is 28.9 Å². The lowest BCUT2D eigenvalue weighted by Crippen LogP contribution is -2.21. The minimum atomic E-state index is -0.128. The highest BCUT2D eigenvalue weighted by molar-refractivity contribution is 7.99. The summed E-state index contributed by atoms with van der Waals surface area (Å²) in [5.74, 6) is 1.94. The number of nitrogens with one attached hydrogen (secondary N) is 1. The van der Waals surface area contributed by atoms with E-state index in [-0.39, 0.29) is 11.8 Å². The van der Waals surface area contributed by atoms with E-state index in [1.54, 1.807) is 18.9 Å². The van der Waals surface area contributed by atoms with E-state index in [1.165, 1.54) is 4.90 Å². The zero-order valence-electron chi connectivity index (χ0n) is 15.3. The van der Waals surface area contributed by atoms with Crippen LogP contribution in [0.1, 0.15) is 11.5 Å². The van der Waals surface area contributed by atoms with Crippen molar-refractivity contribution >= 4 is 23.4 Å². The van der Waals surface area contributed by atoms with Crippen LogP contribution in [-0.4, -0.2) is 50.9 Å². The third-order valence-corrected chi connectivity index (χ3v) is 5.43. The number of fused-ring (bicyclic) bond motifs is 1. The van der Waals surface area contributed by atoms with Crippen molar-refractivity contribution in [1.29, 1.82) is 0 Å². The van der Waals surface area contributed by atoms with E-state index in [1.807, 2.05) is 55.4 Å². The summed E-state index contributed by atoms with van der Waals surface area (Å²) in [6.07, 6.45) is 0. The molecule has 0 bridgehead atoms. The van der Waals surface area contributed by atoms with E-state index in [0.717, 1.165) is 17.9 Å². The molecular formula is C20H24N2O3S. The lowest BCUT2D eigenvalue weighted by Gasteiger charge is -2.16. The summed E-state index contributed by atoms with van der Waals surface area (Å²) in [6.45, 7) is 1.35. The molecular weight excluding hydrogens is 348 g/mol. The molecule has 3 rings (SSSR count). The Morgan fingerprint density at radius 3 is 2.81 bits per heavy atom. The van der Waals surface area contributed by atoms with Crippen LogP contribution in [0.5, 0.6) is 11.5 Å². The fourth-order valence-corrected chi connectivity index (χ4v) is 4.04. The maximum absolute atomic E-state index is 12.7. The summed E-state index contributed by atoms with van der Waals surface area (Å²) in [5, 5.41) is 3.02. The molecule has 1 amide bonds. The van der Waals surface area contributed by atoms with Crippen LogP contribution in [0, 0.1) is 0 Å². The van der Waals surface area contributed by atoms with E-state index in [0.29, 0.717) is 23.8 Å². The summed E-state index contributed by atoms with van der Waals surface area (Å²) >= 11 is 1.73. The van der Waals surface area contributed by atoms with E-state index in [2.05, 4.69) is 11.4 Å². The van der Waals surface area contributed by atoms with Crippen molar-refractivity contribution in [3.05, 3.63) is 48.0 Å². The summed E-state index contributed by atoms with van der Waals surface area (Å²) in [4.78, 5) is 16.0. The van der Waals surface area contributed by atoms with Gasteiger partial charge in [-0.05, 0) is 37.9 Å². The van der Waals surface area contributed by atoms with E-state index in [9.17, 15) is 4.79 Å². The van der Waals surface area contributed by atoms with Crippen LogP contribution >= 0.6 is 11.8 Å². The zero-order chi connectivity index (χ0) is 18.5. The molecule has 0 aromatic heterocycles. The zero-order valence-corrected chi connectivity index (χ0v) is 16.1. The highest BCUT2D eigenvalue weighted by Crippen LogP contribution is 2.40. The summed E-state index contributed by atoms with van der Waals surface area (Å²) in [5.41, 5.74) is 1.82. The normalized spacial score (nSPS) is 15.6. The number of hydrogen-bond donors (Lipinski definition) is 1. The Kier molecular flexibility index (Phi) is 6.06. The third kappa shape index (κ3) is 4.31. The second kappa shape index (κ2) is 8.47. The van der Waals surface area contributed by atoms with Crippen molar-refractivity contribution in [2.24, 2.45) is 0 Å². The second-order valence-corrected chi connectivity index (χ2v) is 7.47. The first-order valence-electron chi connectivity index (χ1n) is 8.56. The number of anilines is 1. The molecule has 26 heavy (non-hydrogen) atoms. The van der Waals surface area contributed by atoms with Crippen molar-refractivity contribution in [3.63, 3.8) is 0 Å². The number of thioether (sulfide) groups is 1. The van der Waals surface area contributed by atoms with Crippen LogP contribution in [0.3, 0.4) is 0 Å². The molecule has 1 aliphatic heterocycles. The van der Waals surface area contributed by atoms with Crippen molar-refractivity contribution in [2.45, 2.75) is 10.8 Å². The molecule has 138 valence electrons. The van der Waals surface area contributed by atoms with Crippen molar-refractivity contribution < 1.29 is 14.3 Å². The fraction of sp³-hybridized carbons (Fsp3) is 0.350. The van der Waals surface area contributed by atoms with Crippen LogP contribution in [-0.2, 0) is 4.79 Å². The standard InChI is InChI=1S/C20H24N2O3S/c1-22(2)10-11-25-18-12-14(8-9-17(18)24-3)21-20(23)16-13-26-19-7-5-4-6-15(16)19/h4-9,12,16H,10-11,13H2,1-3H3,(H,21,23). The first kappa shape index (κ1) is 18.6. The van der Waals surface area contributed by atoms with Gasteiger partial charge in [-0.25, -0.2) is 0 Å². The third-order valence-electron chi connectivity index (χ3n) is 4.24. The summed E-state index contributed by atoms with van der Waals surface area (Å²) in [7, 11) is 5.60. The van der Waals surface area contributed by atoms with Gasteiger partial charge in [0.2, 0.25) is 5.91 Å². The average Bonchev–Trinajstić information content (AvgIpc) is 3.06. The van der Waals surface area contributed by atoms with Crippen LogP contribution in [0.2, 0.25) is 0 Å². The van der Waals surface area contributed by atoms with Gasteiger partial charge in [0.05, 0.1) is 13.0 Å². The molecule has 1 aliphatic rings. The Labute approximate surface area is 158 Å². The lowest BCUT2D eigenvalue weighted by molar-refractivity contribution is -0.117. The molecule has 0 spiro atoms. The van der Waals surface area contributed by atoms with Crippen LogP contribution < -0.4 is 14.8 Å². The predicted molar refractivity (Wildman–Crippen MR) is 106 cm³/mol. The Balaban J connectivity index is 1.70. The van der Waals surface area contributed by atoms with Gasteiger partial charge in [0.1, 0.15) is 6.61 Å². The van der Waals surface area contributed by atoms with E-state index >= 15 is 0 Å². The minimum absolute atomic E-state index is 0.00635. The van der Waals surface area contributed by atoms with Gasteiger partial charge in [0.25, 0.3) is 0 Å². The van der Waals surface area contributed by atoms with Gasteiger partial charge in [0.15, 0.2) is 11.5 Å². The van der Waals surface area contributed by atoms with E-state index in [4.69, 9.17) is 9.47 Å².